The number of hydrogen-bond donors (Lipinski definition) is 2. The van der Waals surface area contributed by atoms with Crippen LogP contribution in [0.15, 0.2) is 47.6 Å². The van der Waals surface area contributed by atoms with E-state index in [2.05, 4.69) is 41.7 Å². The summed E-state index contributed by atoms with van der Waals surface area (Å²) < 4.78 is 17.4. The number of aliphatic imine (C=N–C) groups is 1. The van der Waals surface area contributed by atoms with Gasteiger partial charge in [0.1, 0.15) is 19.3 Å². The molecule has 1 aromatic carbocycles. The average Bonchev–Trinajstić information content (AvgIpc) is 2.85. The number of pyridine rings is 1. The van der Waals surface area contributed by atoms with Gasteiger partial charge in [-0.1, -0.05) is 31.8 Å². The van der Waals surface area contributed by atoms with Crippen LogP contribution in [-0.4, -0.2) is 64.3 Å². The molecule has 2 N–H and O–H groups in total. The summed E-state index contributed by atoms with van der Waals surface area (Å²) in [5.74, 6) is 7.82. The fourth-order valence-electron chi connectivity index (χ4n) is 4.35. The first kappa shape index (κ1) is 23.2. The summed E-state index contributed by atoms with van der Waals surface area (Å²) in [4.78, 5) is 10.3. The Morgan fingerprint density at radius 2 is 2.17 bits per heavy atom. The third kappa shape index (κ3) is 5.26. The minimum atomic E-state index is -1.02. The molecule has 0 amide bonds. The molecule has 0 saturated carbocycles. The zero-order valence-electron chi connectivity index (χ0n) is 19.8. The Balaban J connectivity index is 1.29. The van der Waals surface area contributed by atoms with Crippen LogP contribution >= 0.6 is 0 Å². The van der Waals surface area contributed by atoms with E-state index in [1.807, 2.05) is 23.1 Å². The maximum absolute atomic E-state index is 10.6. The maximum Gasteiger partial charge on any atom is 0.257 e. The molecule has 8 heteroatoms. The summed E-state index contributed by atoms with van der Waals surface area (Å²) >= 11 is 0. The van der Waals surface area contributed by atoms with Crippen molar-refractivity contribution < 1.29 is 24.4 Å². The third-order valence-corrected chi connectivity index (χ3v) is 6.03. The second-order valence-corrected chi connectivity index (χ2v) is 9.24. The summed E-state index contributed by atoms with van der Waals surface area (Å²) in [6.45, 7) is 5.31. The molecule has 1 aromatic heterocycles. The summed E-state index contributed by atoms with van der Waals surface area (Å²) in [5, 5.41) is 20.7. The van der Waals surface area contributed by atoms with E-state index in [1.165, 1.54) is 0 Å². The highest BCUT2D eigenvalue weighted by atomic mass is 16.6. The minimum Gasteiger partial charge on any atom is -0.478 e. The van der Waals surface area contributed by atoms with E-state index >= 15 is 0 Å². The fourth-order valence-corrected chi connectivity index (χ4v) is 4.35. The van der Waals surface area contributed by atoms with Gasteiger partial charge in [-0.05, 0) is 48.6 Å². The monoisotopic (exact) mass is 475 g/mol. The Morgan fingerprint density at radius 1 is 1.29 bits per heavy atom. The van der Waals surface area contributed by atoms with E-state index in [1.54, 1.807) is 18.3 Å². The lowest BCUT2D eigenvalue weighted by Crippen LogP contribution is -2.41. The summed E-state index contributed by atoms with van der Waals surface area (Å²) in [6, 6.07) is 9.59. The second kappa shape index (κ2) is 9.98. The van der Waals surface area contributed by atoms with Gasteiger partial charge in [0.05, 0.1) is 5.70 Å². The predicted octanol–water partition coefficient (Wildman–Crippen LogP) is 2.58. The molecule has 0 fully saturated rings. The predicted molar refractivity (Wildman–Crippen MR) is 131 cm³/mol. The summed E-state index contributed by atoms with van der Waals surface area (Å²) in [5.41, 5.74) is 3.88. The van der Waals surface area contributed by atoms with E-state index in [-0.39, 0.29) is 12.7 Å². The highest BCUT2D eigenvalue weighted by Gasteiger charge is 2.30. The standard InChI is InChI=1S/C27H29N3O5/c1-17(2)12-20(31)7-5-18-6-8-22-19(13-18)9-11-30-23(22)14-25(29-27(30)32)33-15-21-16-34-26-24(35-21)4-3-10-28-26/h3-4,6,8,10,13-14,17,20-21,27,31-32H,9,11-12,15-16H2,1-2H3. The van der Waals surface area contributed by atoms with Crippen LogP contribution in [-0.2, 0) is 11.2 Å². The van der Waals surface area contributed by atoms with E-state index in [4.69, 9.17) is 14.2 Å². The Morgan fingerprint density at radius 3 is 3.03 bits per heavy atom. The van der Waals surface area contributed by atoms with E-state index < -0.39 is 12.5 Å². The lowest BCUT2D eigenvalue weighted by Gasteiger charge is -2.37. The van der Waals surface area contributed by atoms with Crippen LogP contribution in [0.5, 0.6) is 11.6 Å². The van der Waals surface area contributed by atoms with Crippen LogP contribution in [0.2, 0.25) is 0 Å². The molecule has 3 atom stereocenters. The molecular weight excluding hydrogens is 446 g/mol. The first-order chi connectivity index (χ1) is 17.0. The molecule has 2 aromatic rings. The van der Waals surface area contributed by atoms with Gasteiger partial charge in [-0.25, -0.2) is 4.98 Å². The van der Waals surface area contributed by atoms with Crippen LogP contribution in [0.4, 0.5) is 0 Å². The Bertz CT molecular complexity index is 1210. The summed E-state index contributed by atoms with van der Waals surface area (Å²) in [7, 11) is 0. The first-order valence-electron chi connectivity index (χ1n) is 11.9. The zero-order chi connectivity index (χ0) is 24.4. The Hall–Kier alpha value is -3.54. The van der Waals surface area contributed by atoms with Gasteiger partial charge in [0.15, 0.2) is 11.9 Å². The molecule has 0 radical (unpaired) electrons. The molecule has 4 heterocycles. The van der Waals surface area contributed by atoms with Crippen molar-refractivity contribution in [3.63, 3.8) is 0 Å². The minimum absolute atomic E-state index is 0.226. The van der Waals surface area contributed by atoms with Gasteiger partial charge in [-0.2, -0.15) is 4.99 Å². The van der Waals surface area contributed by atoms with Gasteiger partial charge >= 0.3 is 0 Å². The van der Waals surface area contributed by atoms with Gasteiger partial charge in [0, 0.05) is 29.9 Å². The van der Waals surface area contributed by atoms with E-state index in [0.29, 0.717) is 43.0 Å². The van der Waals surface area contributed by atoms with Crippen molar-refractivity contribution >= 4 is 11.6 Å². The molecule has 5 rings (SSSR count). The van der Waals surface area contributed by atoms with Crippen molar-refractivity contribution in [2.45, 2.75) is 45.2 Å². The van der Waals surface area contributed by atoms with Gasteiger partial charge in [-0.3, -0.25) is 0 Å². The second-order valence-electron chi connectivity index (χ2n) is 9.24. The van der Waals surface area contributed by atoms with Crippen molar-refractivity contribution in [3.05, 3.63) is 59.3 Å². The molecule has 3 aliphatic rings. The van der Waals surface area contributed by atoms with Crippen molar-refractivity contribution in [2.24, 2.45) is 10.9 Å². The zero-order valence-corrected chi connectivity index (χ0v) is 19.8. The van der Waals surface area contributed by atoms with Gasteiger partial charge in [-0.15, -0.1) is 0 Å². The number of ether oxygens (including phenoxy) is 3. The molecule has 0 bridgehead atoms. The van der Waals surface area contributed by atoms with Crippen LogP contribution < -0.4 is 9.47 Å². The fraction of sp³-hybridized carbons (Fsp3) is 0.407. The number of fused-ring (bicyclic) bond motifs is 4. The topological polar surface area (TPSA) is 96.6 Å². The van der Waals surface area contributed by atoms with Crippen LogP contribution in [0.3, 0.4) is 0 Å². The normalized spacial score (nSPS) is 21.1. The number of hydrogen-bond acceptors (Lipinski definition) is 8. The Kier molecular flexibility index (Phi) is 6.62. The molecule has 182 valence electrons. The quantitative estimate of drug-likeness (QED) is 0.656. The lowest BCUT2D eigenvalue weighted by atomic mass is 9.93. The number of rotatable bonds is 4. The molecular formula is C27H29N3O5. The van der Waals surface area contributed by atoms with Crippen LogP contribution in [0.25, 0.3) is 5.70 Å². The number of aliphatic hydroxyl groups is 2. The van der Waals surface area contributed by atoms with Gasteiger partial charge < -0.3 is 29.3 Å². The smallest absolute Gasteiger partial charge is 0.257 e. The molecule has 0 saturated heterocycles. The molecule has 8 nitrogen and oxygen atoms in total. The highest BCUT2D eigenvalue weighted by Crippen LogP contribution is 2.33. The SMILES string of the molecule is CC(C)CC(O)C#Cc1ccc2c(c1)CCN1C2=CC(OCC2COc3ncccc3O2)=NC1O. The number of benzene rings is 1. The molecule has 0 aliphatic carbocycles. The lowest BCUT2D eigenvalue weighted by molar-refractivity contribution is 0.0348. The largest absolute Gasteiger partial charge is 0.478 e. The molecule has 35 heavy (non-hydrogen) atoms. The van der Waals surface area contributed by atoms with Crippen molar-refractivity contribution in [1.82, 2.24) is 9.88 Å². The van der Waals surface area contributed by atoms with Crippen LogP contribution in [0, 0.1) is 17.8 Å². The third-order valence-electron chi connectivity index (χ3n) is 6.03. The number of aromatic nitrogens is 1. The van der Waals surface area contributed by atoms with Crippen molar-refractivity contribution in [1.29, 1.82) is 0 Å². The number of aliphatic hydroxyl groups excluding tert-OH is 2. The average molecular weight is 476 g/mol. The van der Waals surface area contributed by atoms with Gasteiger partial charge in [0.25, 0.3) is 5.88 Å². The van der Waals surface area contributed by atoms with E-state index in [9.17, 15) is 10.2 Å². The molecule has 0 spiro atoms. The Labute approximate surface area is 204 Å². The van der Waals surface area contributed by atoms with Crippen molar-refractivity contribution in [2.75, 3.05) is 19.8 Å². The highest BCUT2D eigenvalue weighted by molar-refractivity contribution is 5.97. The van der Waals surface area contributed by atoms with Gasteiger partial charge in [0.2, 0.25) is 12.2 Å². The molecule has 3 unspecified atom stereocenters. The first-order valence-corrected chi connectivity index (χ1v) is 11.9. The maximum atomic E-state index is 10.6. The molecule has 3 aliphatic heterocycles. The number of nitrogens with zero attached hydrogens (tertiary/aromatic N) is 3. The van der Waals surface area contributed by atoms with Crippen LogP contribution in [0.1, 0.15) is 37.0 Å². The summed E-state index contributed by atoms with van der Waals surface area (Å²) in [6.07, 6.45) is 2.97. The van der Waals surface area contributed by atoms with Crippen molar-refractivity contribution in [3.8, 4) is 23.5 Å². The van der Waals surface area contributed by atoms with E-state index in [0.717, 1.165) is 28.8 Å².